The first-order chi connectivity index (χ1) is 11.6. The van der Waals surface area contributed by atoms with E-state index in [1.54, 1.807) is 6.07 Å². The molecule has 0 atom stereocenters. The van der Waals surface area contributed by atoms with Crippen LogP contribution >= 0.6 is 11.6 Å². The highest BCUT2D eigenvalue weighted by atomic mass is 35.5. The molecule has 2 aromatic carbocycles. The number of para-hydroxylation sites is 1. The van der Waals surface area contributed by atoms with Crippen molar-refractivity contribution in [1.82, 2.24) is 5.16 Å². The molecule has 1 aromatic heterocycles. The molecule has 1 heterocycles. The molecule has 0 fully saturated rings. The van der Waals surface area contributed by atoms with Crippen LogP contribution in [0.25, 0.3) is 11.0 Å². The van der Waals surface area contributed by atoms with E-state index in [1.807, 2.05) is 18.2 Å². The lowest BCUT2D eigenvalue weighted by Crippen LogP contribution is -2.15. The van der Waals surface area contributed by atoms with Gasteiger partial charge in [0.1, 0.15) is 5.69 Å². The predicted molar refractivity (Wildman–Crippen MR) is 89.1 cm³/mol. The van der Waals surface area contributed by atoms with Crippen LogP contribution < -0.4 is 5.32 Å². The molecule has 0 bridgehead atoms. The number of ether oxygens (including phenoxy) is 1. The van der Waals surface area contributed by atoms with Crippen LogP contribution in [0.15, 0.2) is 47.0 Å². The number of fused-ring (bicyclic) bond motifs is 1. The molecule has 1 amide bonds. The van der Waals surface area contributed by atoms with E-state index in [-0.39, 0.29) is 12.3 Å². The van der Waals surface area contributed by atoms with Crippen molar-refractivity contribution in [1.29, 1.82) is 0 Å². The van der Waals surface area contributed by atoms with Crippen LogP contribution in [0.1, 0.15) is 16.1 Å². The summed E-state index contributed by atoms with van der Waals surface area (Å²) < 4.78 is 9.82. The number of hydrogen-bond donors (Lipinski definition) is 1. The van der Waals surface area contributed by atoms with Gasteiger partial charge >= 0.3 is 5.97 Å². The second-order valence-corrected chi connectivity index (χ2v) is 5.44. The van der Waals surface area contributed by atoms with Crippen molar-refractivity contribution in [3.05, 3.63) is 58.7 Å². The van der Waals surface area contributed by atoms with Crippen LogP contribution in [0, 0.1) is 0 Å². The Hall–Kier alpha value is -2.86. The lowest BCUT2D eigenvalue weighted by Gasteiger charge is -2.08. The molecule has 3 aromatic rings. The standard InChI is InChI=1S/C17H13ClN2O4/c1-23-17(22)10-6-7-12(18)14(8-10)19-16(21)9-13-11-4-2-3-5-15(11)24-20-13/h2-8H,9H2,1H3,(H,19,21). The number of aromatic nitrogens is 1. The Morgan fingerprint density at radius 3 is 2.83 bits per heavy atom. The van der Waals surface area contributed by atoms with Crippen molar-refractivity contribution in [2.75, 3.05) is 12.4 Å². The fraction of sp³-hybridized carbons (Fsp3) is 0.118. The Balaban J connectivity index is 1.78. The summed E-state index contributed by atoms with van der Waals surface area (Å²) in [5.74, 6) is -0.831. The van der Waals surface area contributed by atoms with Crippen LogP contribution in [-0.4, -0.2) is 24.1 Å². The Bertz CT molecular complexity index is 920. The van der Waals surface area contributed by atoms with Gasteiger partial charge in [-0.25, -0.2) is 4.79 Å². The quantitative estimate of drug-likeness (QED) is 0.733. The van der Waals surface area contributed by atoms with Gasteiger partial charge in [0.05, 0.1) is 29.8 Å². The van der Waals surface area contributed by atoms with Gasteiger partial charge in [-0.15, -0.1) is 0 Å². The fourth-order valence-electron chi connectivity index (χ4n) is 2.28. The number of anilines is 1. The number of carbonyl (C=O) groups is 2. The van der Waals surface area contributed by atoms with E-state index in [1.165, 1.54) is 25.3 Å². The second kappa shape index (κ2) is 6.72. The molecule has 0 unspecified atom stereocenters. The first-order valence-electron chi connectivity index (χ1n) is 7.09. The zero-order valence-corrected chi connectivity index (χ0v) is 13.5. The van der Waals surface area contributed by atoms with E-state index < -0.39 is 5.97 Å². The number of methoxy groups -OCH3 is 1. The summed E-state index contributed by atoms with van der Waals surface area (Å²) in [5, 5.41) is 7.69. The van der Waals surface area contributed by atoms with E-state index in [9.17, 15) is 9.59 Å². The second-order valence-electron chi connectivity index (χ2n) is 5.04. The van der Waals surface area contributed by atoms with Crippen molar-refractivity contribution in [3.63, 3.8) is 0 Å². The average Bonchev–Trinajstić information content (AvgIpc) is 2.99. The minimum absolute atomic E-state index is 0.0236. The van der Waals surface area contributed by atoms with Gasteiger partial charge in [-0.05, 0) is 30.3 Å². The zero-order chi connectivity index (χ0) is 17.1. The van der Waals surface area contributed by atoms with Crippen LogP contribution in [0.5, 0.6) is 0 Å². The number of halogens is 1. The minimum atomic E-state index is -0.510. The van der Waals surface area contributed by atoms with Gasteiger partial charge in [0, 0.05) is 5.39 Å². The van der Waals surface area contributed by atoms with E-state index >= 15 is 0 Å². The first kappa shape index (κ1) is 16.0. The van der Waals surface area contributed by atoms with Gasteiger partial charge in [0.25, 0.3) is 0 Å². The average molecular weight is 345 g/mol. The molecule has 0 aliphatic heterocycles. The summed E-state index contributed by atoms with van der Waals surface area (Å²) in [6.45, 7) is 0. The maximum Gasteiger partial charge on any atom is 0.337 e. The van der Waals surface area contributed by atoms with Crippen LogP contribution in [-0.2, 0) is 16.0 Å². The molecular formula is C17H13ClN2O4. The SMILES string of the molecule is COC(=O)c1ccc(Cl)c(NC(=O)Cc2noc3ccccc23)c1. The van der Waals surface area contributed by atoms with E-state index in [0.717, 1.165) is 5.39 Å². The minimum Gasteiger partial charge on any atom is -0.465 e. The summed E-state index contributed by atoms with van der Waals surface area (Å²) in [4.78, 5) is 23.8. The molecular weight excluding hydrogens is 332 g/mol. The molecule has 122 valence electrons. The molecule has 7 heteroatoms. The molecule has 0 spiro atoms. The van der Waals surface area contributed by atoms with E-state index in [2.05, 4.69) is 15.2 Å². The predicted octanol–water partition coefficient (Wildman–Crippen LogP) is 3.45. The molecule has 24 heavy (non-hydrogen) atoms. The fourth-order valence-corrected chi connectivity index (χ4v) is 2.44. The van der Waals surface area contributed by atoms with Crippen molar-refractivity contribution >= 4 is 40.1 Å². The molecule has 0 aliphatic rings. The number of esters is 1. The third-order valence-corrected chi connectivity index (χ3v) is 3.77. The van der Waals surface area contributed by atoms with Gasteiger partial charge in [-0.3, -0.25) is 4.79 Å². The number of hydrogen-bond acceptors (Lipinski definition) is 5. The number of benzene rings is 2. The number of rotatable bonds is 4. The molecule has 0 saturated heterocycles. The summed E-state index contributed by atoms with van der Waals surface area (Å²) in [6, 6.07) is 11.8. The lowest BCUT2D eigenvalue weighted by atomic mass is 10.1. The van der Waals surface area contributed by atoms with Gasteiger partial charge in [0.15, 0.2) is 5.58 Å². The Morgan fingerprint density at radius 2 is 2.04 bits per heavy atom. The summed E-state index contributed by atoms with van der Waals surface area (Å²) >= 11 is 6.06. The van der Waals surface area contributed by atoms with Gasteiger partial charge in [-0.1, -0.05) is 28.9 Å². The van der Waals surface area contributed by atoms with Gasteiger partial charge in [0.2, 0.25) is 5.91 Å². The van der Waals surface area contributed by atoms with E-state index in [4.69, 9.17) is 16.1 Å². The topological polar surface area (TPSA) is 81.4 Å². The van der Waals surface area contributed by atoms with Crippen molar-refractivity contribution < 1.29 is 18.8 Å². The molecule has 0 radical (unpaired) electrons. The van der Waals surface area contributed by atoms with Gasteiger partial charge < -0.3 is 14.6 Å². The Labute approximate surface area is 142 Å². The Morgan fingerprint density at radius 1 is 1.25 bits per heavy atom. The molecule has 1 N–H and O–H groups in total. The number of amides is 1. The monoisotopic (exact) mass is 344 g/mol. The third-order valence-electron chi connectivity index (χ3n) is 3.44. The Kier molecular flexibility index (Phi) is 4.48. The highest BCUT2D eigenvalue weighted by Crippen LogP contribution is 2.24. The number of nitrogens with one attached hydrogen (secondary N) is 1. The van der Waals surface area contributed by atoms with Gasteiger partial charge in [-0.2, -0.15) is 0 Å². The van der Waals surface area contributed by atoms with Crippen LogP contribution in [0.4, 0.5) is 5.69 Å². The smallest absolute Gasteiger partial charge is 0.337 e. The highest BCUT2D eigenvalue weighted by molar-refractivity contribution is 6.33. The third kappa shape index (κ3) is 3.23. The van der Waals surface area contributed by atoms with Crippen LogP contribution in [0.2, 0.25) is 5.02 Å². The zero-order valence-electron chi connectivity index (χ0n) is 12.7. The lowest BCUT2D eigenvalue weighted by molar-refractivity contribution is -0.115. The summed E-state index contributed by atoms with van der Waals surface area (Å²) in [6.07, 6.45) is 0.0236. The number of nitrogens with zero attached hydrogens (tertiary/aromatic N) is 1. The molecule has 0 aliphatic carbocycles. The van der Waals surface area contributed by atoms with Crippen molar-refractivity contribution in [3.8, 4) is 0 Å². The maximum absolute atomic E-state index is 12.3. The normalized spacial score (nSPS) is 10.6. The maximum atomic E-state index is 12.3. The van der Waals surface area contributed by atoms with Crippen molar-refractivity contribution in [2.45, 2.75) is 6.42 Å². The molecule has 6 nitrogen and oxygen atoms in total. The molecule has 3 rings (SSSR count). The number of carbonyl (C=O) groups excluding carboxylic acids is 2. The molecule has 0 saturated carbocycles. The first-order valence-corrected chi connectivity index (χ1v) is 7.47. The van der Waals surface area contributed by atoms with E-state index in [0.29, 0.717) is 27.6 Å². The summed E-state index contributed by atoms with van der Waals surface area (Å²) in [7, 11) is 1.28. The highest BCUT2D eigenvalue weighted by Gasteiger charge is 2.15. The van der Waals surface area contributed by atoms with Crippen molar-refractivity contribution in [2.24, 2.45) is 0 Å². The summed E-state index contributed by atoms with van der Waals surface area (Å²) in [5.41, 5.74) is 1.77. The van der Waals surface area contributed by atoms with Crippen LogP contribution in [0.3, 0.4) is 0 Å². The largest absolute Gasteiger partial charge is 0.465 e.